The van der Waals surface area contributed by atoms with E-state index in [1.54, 1.807) is 0 Å². The zero-order valence-corrected chi connectivity index (χ0v) is 23.5. The lowest BCUT2D eigenvalue weighted by atomic mass is 10.0. The van der Waals surface area contributed by atoms with Crippen LogP contribution in [0.5, 0.6) is 5.75 Å². The summed E-state index contributed by atoms with van der Waals surface area (Å²) in [6, 6.07) is 21.9. The van der Waals surface area contributed by atoms with Crippen LogP contribution in [0, 0.1) is 0 Å². The highest BCUT2D eigenvalue weighted by atomic mass is 16.5. The van der Waals surface area contributed by atoms with Crippen LogP contribution in [0.2, 0.25) is 0 Å². The van der Waals surface area contributed by atoms with Gasteiger partial charge in [0.2, 0.25) is 0 Å². The Bertz CT molecular complexity index is 1670. The second kappa shape index (κ2) is 11.8. The molecule has 1 saturated heterocycles. The van der Waals surface area contributed by atoms with E-state index in [0.29, 0.717) is 32.0 Å². The van der Waals surface area contributed by atoms with Crippen molar-refractivity contribution >= 4 is 39.4 Å². The van der Waals surface area contributed by atoms with Crippen LogP contribution in [0.1, 0.15) is 32.5 Å². The van der Waals surface area contributed by atoms with Crippen molar-refractivity contribution in [2.75, 3.05) is 43.0 Å². The van der Waals surface area contributed by atoms with E-state index in [2.05, 4.69) is 52.6 Å². The van der Waals surface area contributed by atoms with Gasteiger partial charge in [-0.15, -0.1) is 0 Å². The van der Waals surface area contributed by atoms with Crippen LogP contribution in [0.3, 0.4) is 0 Å². The number of rotatable bonds is 7. The van der Waals surface area contributed by atoms with Crippen molar-refractivity contribution in [3.8, 4) is 17.0 Å². The van der Waals surface area contributed by atoms with Crippen LogP contribution in [-0.2, 0) is 6.42 Å². The van der Waals surface area contributed by atoms with E-state index in [9.17, 15) is 4.79 Å². The maximum absolute atomic E-state index is 13.1. The number of ether oxygens (including phenoxy) is 1. The number of nitrogens with zero attached hydrogens (tertiary/aromatic N) is 5. The third kappa shape index (κ3) is 5.66. The molecule has 210 valence electrons. The topological polar surface area (TPSA) is 96.6 Å². The molecule has 9 nitrogen and oxygen atoms in total. The average molecular weight is 551 g/mol. The highest BCUT2D eigenvalue weighted by Gasteiger charge is 2.26. The Labute approximate surface area is 239 Å². The van der Waals surface area contributed by atoms with Crippen molar-refractivity contribution in [1.29, 1.82) is 0 Å². The number of fused-ring (bicyclic) bond motifs is 2. The normalized spacial score (nSPS) is 13.9. The molecule has 3 heterocycles. The molecule has 1 aliphatic rings. The summed E-state index contributed by atoms with van der Waals surface area (Å²) in [7, 11) is 0. The number of hydrogen-bond donors (Lipinski definition) is 1. The molecule has 6 rings (SSSR count). The molecule has 41 heavy (non-hydrogen) atoms. The minimum Gasteiger partial charge on any atom is -0.494 e. The highest BCUT2D eigenvalue weighted by Crippen LogP contribution is 2.35. The van der Waals surface area contributed by atoms with Crippen molar-refractivity contribution in [3.63, 3.8) is 0 Å². The summed E-state index contributed by atoms with van der Waals surface area (Å²) in [6.45, 7) is 7.27. The van der Waals surface area contributed by atoms with Crippen LogP contribution in [0.25, 0.3) is 33.1 Å². The van der Waals surface area contributed by atoms with Crippen LogP contribution >= 0.6 is 0 Å². The van der Waals surface area contributed by atoms with Gasteiger partial charge in [0.25, 0.3) is 5.71 Å². The van der Waals surface area contributed by atoms with E-state index in [4.69, 9.17) is 19.2 Å². The molecule has 0 atom stereocenters. The first-order chi connectivity index (χ1) is 20.1. The van der Waals surface area contributed by atoms with Gasteiger partial charge in [0, 0.05) is 43.9 Å². The van der Waals surface area contributed by atoms with Gasteiger partial charge in [-0.25, -0.2) is 9.78 Å². The molecule has 0 spiro atoms. The molecule has 1 aliphatic heterocycles. The number of anilines is 2. The van der Waals surface area contributed by atoms with Gasteiger partial charge >= 0.3 is 6.03 Å². The standard InChI is InChI=1S/C32H34N6O3/c1-3-8-27-34-30(28-29(36-41-31(28)35-27)24-12-11-22-9-5-6-10-23(22)21-24)37-17-7-18-38(20-19-37)32(39)33-25-13-15-26(16-14-25)40-4-2/h5-6,9-16,21H,3-4,7-8,17-20H2,1-2H3,(H,33,39). The fraction of sp³-hybridized carbons (Fsp3) is 0.312. The summed E-state index contributed by atoms with van der Waals surface area (Å²) in [6.07, 6.45) is 2.48. The number of aryl methyl sites for hydroxylation is 1. The molecule has 1 fully saturated rings. The summed E-state index contributed by atoms with van der Waals surface area (Å²) in [4.78, 5) is 27.0. The lowest BCUT2D eigenvalue weighted by Crippen LogP contribution is -2.38. The summed E-state index contributed by atoms with van der Waals surface area (Å²) in [5.41, 5.74) is 2.93. The van der Waals surface area contributed by atoms with E-state index in [1.807, 2.05) is 48.2 Å². The Balaban J connectivity index is 1.27. The minimum atomic E-state index is -0.114. The fourth-order valence-electron chi connectivity index (χ4n) is 5.31. The average Bonchev–Trinajstić information content (AvgIpc) is 3.26. The van der Waals surface area contributed by atoms with Gasteiger partial charge in [0.15, 0.2) is 0 Å². The Hall–Kier alpha value is -4.66. The molecule has 2 aromatic heterocycles. The maximum atomic E-state index is 13.1. The quantitative estimate of drug-likeness (QED) is 0.246. The molecule has 1 N–H and O–H groups in total. The number of carbonyl (C=O) groups excluding carboxylic acids is 1. The van der Waals surface area contributed by atoms with Crippen molar-refractivity contribution in [3.05, 3.63) is 72.6 Å². The second-order valence-corrected chi connectivity index (χ2v) is 10.2. The summed E-state index contributed by atoms with van der Waals surface area (Å²) in [5, 5.41) is 10.6. The van der Waals surface area contributed by atoms with Gasteiger partial charge in [-0.3, -0.25) is 0 Å². The van der Waals surface area contributed by atoms with Gasteiger partial charge in [-0.1, -0.05) is 48.5 Å². The largest absolute Gasteiger partial charge is 0.494 e. The molecule has 0 saturated carbocycles. The molecular formula is C32H34N6O3. The molecular weight excluding hydrogens is 516 g/mol. The predicted molar refractivity (Wildman–Crippen MR) is 162 cm³/mol. The molecule has 9 heteroatoms. The van der Waals surface area contributed by atoms with E-state index in [-0.39, 0.29) is 6.03 Å². The summed E-state index contributed by atoms with van der Waals surface area (Å²) >= 11 is 0. The summed E-state index contributed by atoms with van der Waals surface area (Å²) in [5.74, 6) is 2.34. The number of urea groups is 1. The lowest BCUT2D eigenvalue weighted by molar-refractivity contribution is 0.215. The van der Waals surface area contributed by atoms with Gasteiger partial charge in [-0.2, -0.15) is 4.98 Å². The first kappa shape index (κ1) is 26.6. The molecule has 3 aromatic carbocycles. The molecule has 0 unspecified atom stereocenters. The monoisotopic (exact) mass is 550 g/mol. The first-order valence-electron chi connectivity index (χ1n) is 14.3. The fourth-order valence-corrected chi connectivity index (χ4v) is 5.31. The van der Waals surface area contributed by atoms with Crippen molar-refractivity contribution in [1.82, 2.24) is 20.0 Å². The number of nitrogens with one attached hydrogen (secondary N) is 1. The Kier molecular flexibility index (Phi) is 7.67. The number of benzene rings is 3. The molecule has 0 bridgehead atoms. The zero-order valence-electron chi connectivity index (χ0n) is 23.5. The Morgan fingerprint density at radius 2 is 1.78 bits per heavy atom. The van der Waals surface area contributed by atoms with Crippen LogP contribution in [0.15, 0.2) is 71.3 Å². The minimum absolute atomic E-state index is 0.114. The van der Waals surface area contributed by atoms with E-state index >= 15 is 0 Å². The van der Waals surface area contributed by atoms with Crippen molar-refractivity contribution in [2.45, 2.75) is 33.1 Å². The van der Waals surface area contributed by atoms with Crippen LogP contribution < -0.4 is 15.0 Å². The van der Waals surface area contributed by atoms with Crippen LogP contribution in [0.4, 0.5) is 16.3 Å². The first-order valence-corrected chi connectivity index (χ1v) is 14.3. The van der Waals surface area contributed by atoms with Gasteiger partial charge in [0.1, 0.15) is 28.5 Å². The maximum Gasteiger partial charge on any atom is 0.321 e. The smallest absolute Gasteiger partial charge is 0.321 e. The molecule has 0 aliphatic carbocycles. The Morgan fingerprint density at radius 1 is 0.951 bits per heavy atom. The van der Waals surface area contributed by atoms with Gasteiger partial charge < -0.3 is 24.4 Å². The molecule has 0 radical (unpaired) electrons. The van der Waals surface area contributed by atoms with Crippen molar-refractivity contribution in [2.24, 2.45) is 0 Å². The highest BCUT2D eigenvalue weighted by molar-refractivity contribution is 6.00. The Morgan fingerprint density at radius 3 is 2.59 bits per heavy atom. The lowest BCUT2D eigenvalue weighted by Gasteiger charge is -2.24. The molecule has 5 aromatic rings. The zero-order chi connectivity index (χ0) is 28.2. The second-order valence-electron chi connectivity index (χ2n) is 10.2. The number of amides is 2. The van der Waals surface area contributed by atoms with E-state index in [0.717, 1.165) is 70.9 Å². The molecule has 2 amide bonds. The van der Waals surface area contributed by atoms with Crippen LogP contribution in [-0.4, -0.2) is 58.8 Å². The van der Waals surface area contributed by atoms with Gasteiger partial charge in [-0.05, 0) is 60.9 Å². The van der Waals surface area contributed by atoms with Gasteiger partial charge in [0.05, 0.1) is 6.61 Å². The number of hydrogen-bond acceptors (Lipinski definition) is 7. The summed E-state index contributed by atoms with van der Waals surface area (Å²) < 4.78 is 11.3. The number of aromatic nitrogens is 3. The van der Waals surface area contributed by atoms with Crippen molar-refractivity contribution < 1.29 is 14.1 Å². The third-order valence-electron chi connectivity index (χ3n) is 7.36. The van der Waals surface area contributed by atoms with E-state index in [1.165, 1.54) is 5.39 Å². The van der Waals surface area contributed by atoms with E-state index < -0.39 is 0 Å². The number of carbonyl (C=O) groups is 1. The predicted octanol–water partition coefficient (Wildman–Crippen LogP) is 6.53. The SMILES string of the molecule is CCCc1nc(N2CCCN(C(=O)Nc3ccc(OCC)cc3)CC2)c2c(-c3ccc4ccccc4c3)noc2n1. The third-order valence-corrected chi connectivity index (χ3v) is 7.36.